The molecule has 0 bridgehead atoms. The number of carbonyl (C=O) groups excluding carboxylic acids is 1. The van der Waals surface area contributed by atoms with Crippen molar-refractivity contribution in [2.24, 2.45) is 0 Å². The van der Waals surface area contributed by atoms with E-state index in [0.717, 1.165) is 35.8 Å². The van der Waals surface area contributed by atoms with Crippen LogP contribution in [0, 0.1) is 0 Å². The topological polar surface area (TPSA) is 100 Å². The van der Waals surface area contributed by atoms with Crippen LogP contribution in [-0.2, 0) is 4.74 Å². The zero-order valence-corrected chi connectivity index (χ0v) is 22.3. The first-order valence-electron chi connectivity index (χ1n) is 12.9. The van der Waals surface area contributed by atoms with Gasteiger partial charge in [-0.3, -0.25) is 4.40 Å². The number of benzene rings is 1. The molecule has 2 saturated heterocycles. The van der Waals surface area contributed by atoms with Crippen molar-refractivity contribution in [3.8, 4) is 17.1 Å². The number of fused-ring (bicyclic) bond motifs is 1. The molecule has 2 fully saturated rings. The van der Waals surface area contributed by atoms with Crippen molar-refractivity contribution in [2.75, 3.05) is 69.8 Å². The van der Waals surface area contributed by atoms with Gasteiger partial charge >= 0.3 is 6.03 Å². The van der Waals surface area contributed by atoms with Gasteiger partial charge in [-0.2, -0.15) is 0 Å². The third-order valence-electron chi connectivity index (χ3n) is 7.03. The highest BCUT2D eigenvalue weighted by Crippen LogP contribution is 2.33. The van der Waals surface area contributed by atoms with Crippen molar-refractivity contribution in [3.63, 3.8) is 0 Å². The van der Waals surface area contributed by atoms with E-state index < -0.39 is 0 Å². The van der Waals surface area contributed by atoms with E-state index in [1.807, 2.05) is 56.8 Å². The minimum atomic E-state index is 0.0985. The number of aromatic nitrogens is 4. The first kappa shape index (κ1) is 25.2. The van der Waals surface area contributed by atoms with Crippen LogP contribution in [-0.4, -0.2) is 94.8 Å². The average Bonchev–Trinajstić information content (AvgIpc) is 3.42. The Morgan fingerprint density at radius 1 is 1.00 bits per heavy atom. The summed E-state index contributed by atoms with van der Waals surface area (Å²) in [6.07, 6.45) is 5.24. The lowest BCUT2D eigenvalue weighted by atomic mass is 10.2. The minimum absolute atomic E-state index is 0.0985. The van der Waals surface area contributed by atoms with E-state index in [4.69, 9.17) is 21.1 Å². The van der Waals surface area contributed by atoms with Crippen LogP contribution in [0.4, 0.5) is 22.1 Å². The SMILES string of the molecule is COc1cc(N2CCN(C(=O)N3CCOCC3)CC2)ccc1Nc1ncc(Cl)c(-c2cnc3ccccn23)n1. The number of carbonyl (C=O) groups is 1. The van der Waals surface area contributed by atoms with E-state index in [1.54, 1.807) is 19.5 Å². The summed E-state index contributed by atoms with van der Waals surface area (Å²) < 4.78 is 13.0. The highest BCUT2D eigenvalue weighted by molar-refractivity contribution is 6.32. The van der Waals surface area contributed by atoms with Gasteiger partial charge in [0.15, 0.2) is 0 Å². The van der Waals surface area contributed by atoms with Gasteiger partial charge in [-0.05, 0) is 24.3 Å². The fourth-order valence-electron chi connectivity index (χ4n) is 4.93. The molecule has 1 N–H and O–H groups in total. The minimum Gasteiger partial charge on any atom is -0.494 e. The van der Waals surface area contributed by atoms with E-state index in [9.17, 15) is 4.79 Å². The summed E-state index contributed by atoms with van der Waals surface area (Å²) in [7, 11) is 1.63. The van der Waals surface area contributed by atoms with Gasteiger partial charge in [-0.1, -0.05) is 17.7 Å². The fourth-order valence-corrected chi connectivity index (χ4v) is 5.11. The predicted octanol–water partition coefficient (Wildman–Crippen LogP) is 3.77. The smallest absolute Gasteiger partial charge is 0.320 e. The van der Waals surface area contributed by atoms with Crippen molar-refractivity contribution in [2.45, 2.75) is 0 Å². The zero-order valence-electron chi connectivity index (χ0n) is 21.6. The molecule has 6 rings (SSSR count). The Balaban J connectivity index is 1.16. The molecule has 0 saturated carbocycles. The third-order valence-corrected chi connectivity index (χ3v) is 7.31. The molecule has 1 aromatic carbocycles. The van der Waals surface area contributed by atoms with Gasteiger partial charge in [0.2, 0.25) is 5.95 Å². The monoisotopic (exact) mass is 548 g/mol. The molecular weight excluding hydrogens is 520 g/mol. The number of rotatable bonds is 5. The van der Waals surface area contributed by atoms with Crippen LogP contribution < -0.4 is 15.0 Å². The van der Waals surface area contributed by atoms with Gasteiger partial charge < -0.3 is 29.5 Å². The van der Waals surface area contributed by atoms with E-state index in [1.165, 1.54) is 0 Å². The van der Waals surface area contributed by atoms with Crippen LogP contribution in [0.15, 0.2) is 55.0 Å². The Morgan fingerprint density at radius 3 is 2.59 bits per heavy atom. The molecule has 0 unspecified atom stereocenters. The molecule has 0 atom stereocenters. The van der Waals surface area contributed by atoms with Crippen molar-refractivity contribution in [1.29, 1.82) is 0 Å². The Morgan fingerprint density at radius 2 is 1.79 bits per heavy atom. The quantitative estimate of drug-likeness (QED) is 0.402. The third kappa shape index (κ3) is 5.15. The molecule has 11 nitrogen and oxygen atoms in total. The molecule has 0 radical (unpaired) electrons. The molecule has 3 aromatic heterocycles. The summed E-state index contributed by atoms with van der Waals surface area (Å²) in [5.41, 5.74) is 3.91. The molecule has 5 heterocycles. The van der Waals surface area contributed by atoms with Gasteiger partial charge in [0.05, 0.1) is 49.1 Å². The number of methoxy groups -OCH3 is 1. The highest BCUT2D eigenvalue weighted by atomic mass is 35.5. The van der Waals surface area contributed by atoms with E-state index in [-0.39, 0.29) is 6.03 Å². The molecule has 39 heavy (non-hydrogen) atoms. The van der Waals surface area contributed by atoms with E-state index >= 15 is 0 Å². The Labute approximate surface area is 230 Å². The maximum atomic E-state index is 12.8. The molecule has 2 aliphatic heterocycles. The number of nitrogens with one attached hydrogen (secondary N) is 1. The van der Waals surface area contributed by atoms with Crippen LogP contribution in [0.5, 0.6) is 5.75 Å². The van der Waals surface area contributed by atoms with Gasteiger partial charge in [0.1, 0.15) is 17.1 Å². The van der Waals surface area contributed by atoms with Gasteiger partial charge in [0, 0.05) is 57.2 Å². The van der Waals surface area contributed by atoms with Crippen LogP contribution >= 0.6 is 11.6 Å². The number of urea groups is 1. The molecule has 2 aliphatic rings. The number of piperazine rings is 1. The van der Waals surface area contributed by atoms with Crippen LogP contribution in [0.25, 0.3) is 17.0 Å². The highest BCUT2D eigenvalue weighted by Gasteiger charge is 2.27. The maximum absolute atomic E-state index is 12.8. The number of nitrogens with zero attached hydrogens (tertiary/aromatic N) is 7. The lowest BCUT2D eigenvalue weighted by Gasteiger charge is -2.39. The van der Waals surface area contributed by atoms with Crippen LogP contribution in [0.3, 0.4) is 0 Å². The van der Waals surface area contributed by atoms with Gasteiger partial charge in [0.25, 0.3) is 0 Å². The van der Waals surface area contributed by atoms with E-state index in [0.29, 0.717) is 61.8 Å². The van der Waals surface area contributed by atoms with Crippen molar-refractivity contribution >= 4 is 40.6 Å². The number of imidazole rings is 1. The standard InChI is InChI=1S/C27H29ClN8O3/c1-38-23-16-19(33-8-10-34(11-9-33)27(37)35-12-14-39-15-13-35)5-6-21(23)31-26-30-17-20(28)25(32-26)22-18-29-24-4-2-3-7-36(22)24/h2-7,16-18H,8-15H2,1H3,(H,30,31,32). The summed E-state index contributed by atoms with van der Waals surface area (Å²) in [6, 6.07) is 11.9. The van der Waals surface area contributed by atoms with E-state index in [2.05, 4.69) is 25.2 Å². The second kappa shape index (κ2) is 11.0. The van der Waals surface area contributed by atoms with Gasteiger partial charge in [-0.25, -0.2) is 19.7 Å². The van der Waals surface area contributed by atoms with Gasteiger partial charge in [-0.15, -0.1) is 0 Å². The predicted molar refractivity (Wildman–Crippen MR) is 149 cm³/mol. The number of ether oxygens (including phenoxy) is 2. The number of halogens is 1. The number of amides is 2. The van der Waals surface area contributed by atoms with Crippen molar-refractivity contribution in [1.82, 2.24) is 29.2 Å². The Kier molecular flexibility index (Phi) is 7.08. The summed E-state index contributed by atoms with van der Waals surface area (Å²) >= 11 is 6.47. The number of hydrogen-bond acceptors (Lipinski definition) is 8. The average molecular weight is 549 g/mol. The largest absolute Gasteiger partial charge is 0.494 e. The maximum Gasteiger partial charge on any atom is 0.320 e. The lowest BCUT2D eigenvalue weighted by molar-refractivity contribution is 0.0428. The number of anilines is 3. The second-order valence-electron chi connectivity index (χ2n) is 9.33. The first-order valence-corrected chi connectivity index (χ1v) is 13.2. The summed E-state index contributed by atoms with van der Waals surface area (Å²) in [4.78, 5) is 32.4. The Hall–Kier alpha value is -4.09. The summed E-state index contributed by atoms with van der Waals surface area (Å²) in [5, 5.41) is 3.70. The number of morpholine rings is 1. The molecule has 2 amide bonds. The molecule has 0 spiro atoms. The van der Waals surface area contributed by atoms with Crippen molar-refractivity contribution in [3.05, 3.63) is 60.0 Å². The van der Waals surface area contributed by atoms with Crippen molar-refractivity contribution < 1.29 is 14.3 Å². The Bertz CT molecular complexity index is 1480. The second-order valence-corrected chi connectivity index (χ2v) is 9.74. The summed E-state index contributed by atoms with van der Waals surface area (Å²) in [6.45, 7) is 5.35. The number of pyridine rings is 1. The molecule has 0 aliphatic carbocycles. The molecule has 202 valence electrons. The lowest BCUT2D eigenvalue weighted by Crippen LogP contribution is -2.54. The molecular formula is C27H29ClN8O3. The van der Waals surface area contributed by atoms with Crippen LogP contribution in [0.2, 0.25) is 5.02 Å². The number of hydrogen-bond donors (Lipinski definition) is 1. The fraction of sp³-hybridized carbons (Fsp3) is 0.333. The molecule has 12 heteroatoms. The first-order chi connectivity index (χ1) is 19.1. The normalized spacial score (nSPS) is 16.0. The zero-order chi connectivity index (χ0) is 26.8. The van der Waals surface area contributed by atoms with Crippen LogP contribution in [0.1, 0.15) is 0 Å². The summed E-state index contributed by atoms with van der Waals surface area (Å²) in [5.74, 6) is 1.05. The molecule has 4 aromatic rings.